The maximum Gasteiger partial charge on any atom is 0.253 e. The summed E-state index contributed by atoms with van der Waals surface area (Å²) in [6, 6.07) is 19.1. The van der Waals surface area contributed by atoms with E-state index in [0.29, 0.717) is 28.8 Å². The van der Waals surface area contributed by atoms with Crippen molar-refractivity contribution >= 4 is 29.3 Å². The molecule has 1 saturated carbocycles. The number of nitrogens with zero attached hydrogens (tertiary/aromatic N) is 3. The highest BCUT2D eigenvalue weighted by molar-refractivity contribution is 7.99. The molecule has 1 aliphatic carbocycles. The molecule has 8 nitrogen and oxygen atoms in total. The Labute approximate surface area is 207 Å². The third-order valence-corrected chi connectivity index (χ3v) is 6.54. The lowest BCUT2D eigenvalue weighted by Gasteiger charge is -2.12. The fourth-order valence-corrected chi connectivity index (χ4v) is 4.43. The number of carbonyl (C=O) groups excluding carboxylic acids is 2. The van der Waals surface area contributed by atoms with Crippen molar-refractivity contribution in [2.24, 2.45) is 0 Å². The lowest BCUT2D eigenvalue weighted by Crippen LogP contribution is -2.27. The predicted molar refractivity (Wildman–Crippen MR) is 134 cm³/mol. The summed E-state index contributed by atoms with van der Waals surface area (Å²) in [6.45, 7) is 2.47. The van der Waals surface area contributed by atoms with Crippen molar-refractivity contribution in [2.75, 3.05) is 11.1 Å². The summed E-state index contributed by atoms with van der Waals surface area (Å²) >= 11 is 1.29. The number of carbonyl (C=O) groups is 2. The zero-order valence-electron chi connectivity index (χ0n) is 19.2. The first kappa shape index (κ1) is 22.9. The summed E-state index contributed by atoms with van der Waals surface area (Å²) in [7, 11) is 0. The van der Waals surface area contributed by atoms with E-state index < -0.39 is 0 Å². The molecule has 1 fully saturated rings. The van der Waals surface area contributed by atoms with Crippen molar-refractivity contribution in [2.45, 2.75) is 37.5 Å². The van der Waals surface area contributed by atoms with E-state index in [2.05, 4.69) is 20.8 Å². The molecule has 5 rings (SSSR count). The normalized spacial score (nSPS) is 12.9. The van der Waals surface area contributed by atoms with Gasteiger partial charge in [0, 0.05) is 11.6 Å². The molecule has 35 heavy (non-hydrogen) atoms. The van der Waals surface area contributed by atoms with Crippen molar-refractivity contribution < 1.29 is 14.0 Å². The average Bonchev–Trinajstić information content (AvgIpc) is 3.35. The van der Waals surface area contributed by atoms with Crippen molar-refractivity contribution in [1.29, 1.82) is 0 Å². The number of hydrogen-bond donors (Lipinski definition) is 2. The Morgan fingerprint density at radius 1 is 1.09 bits per heavy atom. The summed E-state index contributed by atoms with van der Waals surface area (Å²) in [5.41, 5.74) is 3.01. The third kappa shape index (κ3) is 5.63. The van der Waals surface area contributed by atoms with Gasteiger partial charge in [-0.3, -0.25) is 14.2 Å². The van der Waals surface area contributed by atoms with E-state index in [1.54, 1.807) is 30.5 Å². The van der Waals surface area contributed by atoms with Gasteiger partial charge in [0.05, 0.1) is 29.8 Å². The number of nitrogens with one attached hydrogen (secondary N) is 2. The number of furan rings is 1. The first-order chi connectivity index (χ1) is 17.1. The second-order valence-electron chi connectivity index (χ2n) is 8.47. The van der Waals surface area contributed by atoms with E-state index in [1.165, 1.54) is 11.8 Å². The molecule has 0 radical (unpaired) electrons. The van der Waals surface area contributed by atoms with Gasteiger partial charge < -0.3 is 15.1 Å². The van der Waals surface area contributed by atoms with E-state index in [1.807, 2.05) is 47.9 Å². The first-order valence-electron chi connectivity index (χ1n) is 11.4. The van der Waals surface area contributed by atoms with Gasteiger partial charge in [0.25, 0.3) is 5.91 Å². The maximum atomic E-state index is 12.8. The number of anilines is 1. The minimum absolute atomic E-state index is 0.114. The SMILES string of the molecule is Cc1cccc(-c2nnc(SCC(=O)Nc3ccccc3C(=O)NC3CC3)n2Cc2ccco2)c1. The van der Waals surface area contributed by atoms with Crippen molar-refractivity contribution in [3.8, 4) is 11.4 Å². The minimum atomic E-state index is -0.230. The molecule has 9 heteroatoms. The Kier molecular flexibility index (Phi) is 6.67. The van der Waals surface area contributed by atoms with E-state index in [0.717, 1.165) is 29.7 Å². The van der Waals surface area contributed by atoms with Crippen LogP contribution in [-0.2, 0) is 11.3 Å². The van der Waals surface area contributed by atoms with Crippen LogP contribution in [0.1, 0.15) is 34.5 Å². The van der Waals surface area contributed by atoms with Gasteiger partial charge >= 0.3 is 0 Å². The molecule has 2 aromatic carbocycles. The van der Waals surface area contributed by atoms with Crippen molar-refractivity contribution in [3.05, 3.63) is 83.8 Å². The number of aromatic nitrogens is 3. The fourth-order valence-electron chi connectivity index (χ4n) is 3.69. The minimum Gasteiger partial charge on any atom is -0.467 e. The van der Waals surface area contributed by atoms with Gasteiger partial charge in [0.15, 0.2) is 11.0 Å². The van der Waals surface area contributed by atoms with E-state index in [9.17, 15) is 9.59 Å². The van der Waals surface area contributed by atoms with E-state index in [4.69, 9.17) is 4.42 Å². The number of hydrogen-bond acceptors (Lipinski definition) is 6. The maximum absolute atomic E-state index is 12.8. The summed E-state index contributed by atoms with van der Waals surface area (Å²) in [6.07, 6.45) is 3.63. The Hall–Kier alpha value is -3.85. The molecule has 2 heterocycles. The topological polar surface area (TPSA) is 102 Å². The Morgan fingerprint density at radius 2 is 1.94 bits per heavy atom. The van der Waals surface area contributed by atoms with Gasteiger partial charge in [-0.15, -0.1) is 10.2 Å². The quantitative estimate of drug-likeness (QED) is 0.337. The molecule has 0 bridgehead atoms. The molecule has 1 aliphatic rings. The summed E-state index contributed by atoms with van der Waals surface area (Å²) in [5, 5.41) is 15.2. The lowest BCUT2D eigenvalue weighted by atomic mass is 10.1. The second-order valence-corrected chi connectivity index (χ2v) is 9.41. The largest absolute Gasteiger partial charge is 0.467 e. The van der Waals surface area contributed by atoms with Crippen LogP contribution in [0, 0.1) is 6.92 Å². The summed E-state index contributed by atoms with van der Waals surface area (Å²) in [5.74, 6) is 1.18. The molecule has 0 saturated heterocycles. The highest BCUT2D eigenvalue weighted by atomic mass is 32.2. The van der Waals surface area contributed by atoms with Gasteiger partial charge in [-0.2, -0.15) is 0 Å². The zero-order chi connectivity index (χ0) is 24.2. The van der Waals surface area contributed by atoms with Crippen LogP contribution in [0.4, 0.5) is 5.69 Å². The monoisotopic (exact) mass is 487 g/mol. The molecule has 2 aromatic heterocycles. The van der Waals surface area contributed by atoms with Crippen LogP contribution in [0.3, 0.4) is 0 Å². The van der Waals surface area contributed by atoms with Gasteiger partial charge in [-0.05, 0) is 50.1 Å². The highest BCUT2D eigenvalue weighted by Gasteiger charge is 2.25. The van der Waals surface area contributed by atoms with Gasteiger partial charge in [0.1, 0.15) is 5.76 Å². The summed E-state index contributed by atoms with van der Waals surface area (Å²) < 4.78 is 7.49. The van der Waals surface area contributed by atoms with Crippen LogP contribution in [-0.4, -0.2) is 38.4 Å². The number of para-hydroxylation sites is 1. The molecule has 178 valence electrons. The zero-order valence-corrected chi connectivity index (χ0v) is 20.0. The first-order valence-corrected chi connectivity index (χ1v) is 12.4. The summed E-state index contributed by atoms with van der Waals surface area (Å²) in [4.78, 5) is 25.3. The molecule has 4 aromatic rings. The van der Waals surface area contributed by atoms with Gasteiger partial charge in [0.2, 0.25) is 5.91 Å². The van der Waals surface area contributed by atoms with Crippen LogP contribution >= 0.6 is 11.8 Å². The number of aryl methyl sites for hydroxylation is 1. The lowest BCUT2D eigenvalue weighted by molar-refractivity contribution is -0.113. The number of amides is 2. The van der Waals surface area contributed by atoms with Gasteiger partial charge in [-0.1, -0.05) is 47.7 Å². The number of thioether (sulfide) groups is 1. The molecule has 2 amide bonds. The van der Waals surface area contributed by atoms with Crippen molar-refractivity contribution in [3.63, 3.8) is 0 Å². The Balaban J connectivity index is 1.31. The highest BCUT2D eigenvalue weighted by Crippen LogP contribution is 2.27. The average molecular weight is 488 g/mol. The van der Waals surface area contributed by atoms with Crippen LogP contribution in [0.2, 0.25) is 0 Å². The molecule has 0 aliphatic heterocycles. The van der Waals surface area contributed by atoms with Crippen LogP contribution in [0.15, 0.2) is 76.5 Å². The molecule has 0 unspecified atom stereocenters. The third-order valence-electron chi connectivity index (χ3n) is 5.58. The Morgan fingerprint density at radius 3 is 2.71 bits per heavy atom. The van der Waals surface area contributed by atoms with Crippen LogP contribution in [0.5, 0.6) is 0 Å². The van der Waals surface area contributed by atoms with Crippen LogP contribution in [0.25, 0.3) is 11.4 Å². The molecule has 2 N–H and O–H groups in total. The molecular weight excluding hydrogens is 462 g/mol. The molecule has 0 atom stereocenters. The Bertz CT molecular complexity index is 1340. The predicted octanol–water partition coefficient (Wildman–Crippen LogP) is 4.52. The molecular formula is C26H25N5O3S. The smallest absolute Gasteiger partial charge is 0.253 e. The van der Waals surface area contributed by atoms with Gasteiger partial charge in [-0.25, -0.2) is 0 Å². The molecule has 0 spiro atoms. The fraction of sp³-hybridized carbons (Fsp3) is 0.231. The van der Waals surface area contributed by atoms with E-state index >= 15 is 0 Å². The number of benzene rings is 2. The van der Waals surface area contributed by atoms with E-state index in [-0.39, 0.29) is 23.6 Å². The second kappa shape index (κ2) is 10.2. The van der Waals surface area contributed by atoms with Crippen molar-refractivity contribution in [1.82, 2.24) is 20.1 Å². The van der Waals surface area contributed by atoms with Crippen LogP contribution < -0.4 is 10.6 Å². The number of rotatable bonds is 9. The standard InChI is InChI=1S/C26H25N5O3S/c1-17-6-4-7-18(14-17)24-29-30-26(31(24)15-20-8-5-13-34-20)35-16-23(32)28-22-10-3-2-9-21(22)25(33)27-19-11-12-19/h2-10,13-14,19H,11-12,15-16H2,1H3,(H,27,33)(H,28,32).